The smallest absolute Gasteiger partial charge is 0.0580 e. The van der Waals surface area contributed by atoms with Gasteiger partial charge in [-0.05, 0) is 56.3 Å². The third-order valence-electron chi connectivity index (χ3n) is 4.74. The van der Waals surface area contributed by atoms with Crippen LogP contribution < -0.4 is 5.32 Å². The van der Waals surface area contributed by atoms with E-state index < -0.39 is 0 Å². The van der Waals surface area contributed by atoms with E-state index >= 15 is 0 Å². The molecule has 0 radical (unpaired) electrons. The molecule has 0 aliphatic heterocycles. The second-order valence-corrected chi connectivity index (χ2v) is 6.22. The number of aliphatic hydroxyl groups excluding tert-OH is 1. The van der Waals surface area contributed by atoms with Crippen LogP contribution in [-0.2, 0) is 0 Å². The zero-order valence-corrected chi connectivity index (χ0v) is 10.2. The fraction of sp³-hybridized carbons (Fsp3) is 1.00. The summed E-state index contributed by atoms with van der Waals surface area (Å²) in [5, 5.41) is 13.7. The maximum Gasteiger partial charge on any atom is 0.0580 e. The lowest BCUT2D eigenvalue weighted by molar-refractivity contribution is 0.0671. The first-order valence-electron chi connectivity index (χ1n) is 7.26. The fourth-order valence-electron chi connectivity index (χ4n) is 3.34. The Morgan fingerprint density at radius 1 is 0.938 bits per heavy atom. The van der Waals surface area contributed by atoms with E-state index in [0.717, 1.165) is 30.8 Å². The van der Waals surface area contributed by atoms with Crippen LogP contribution >= 0.6 is 0 Å². The average Bonchev–Trinajstić information content (AvgIpc) is 3.15. The molecule has 2 heteroatoms. The van der Waals surface area contributed by atoms with E-state index in [-0.39, 0.29) is 6.10 Å². The molecule has 2 atom stereocenters. The molecule has 3 aliphatic carbocycles. The highest BCUT2D eigenvalue weighted by atomic mass is 16.3. The van der Waals surface area contributed by atoms with Crippen LogP contribution in [0, 0.1) is 17.8 Å². The summed E-state index contributed by atoms with van der Waals surface area (Å²) >= 11 is 0. The van der Waals surface area contributed by atoms with E-state index in [2.05, 4.69) is 5.32 Å². The average molecular weight is 223 g/mol. The summed E-state index contributed by atoms with van der Waals surface area (Å²) in [5.74, 6) is 2.50. The van der Waals surface area contributed by atoms with Gasteiger partial charge in [0, 0.05) is 12.6 Å². The van der Waals surface area contributed by atoms with E-state index in [1.165, 1.54) is 44.9 Å². The van der Waals surface area contributed by atoms with E-state index in [1.807, 2.05) is 0 Å². The van der Waals surface area contributed by atoms with Crippen LogP contribution in [0.5, 0.6) is 0 Å². The van der Waals surface area contributed by atoms with Gasteiger partial charge in [0.25, 0.3) is 0 Å². The molecule has 0 amide bonds. The van der Waals surface area contributed by atoms with Crippen molar-refractivity contribution in [1.29, 1.82) is 0 Å². The number of hydrogen-bond donors (Lipinski definition) is 2. The molecule has 0 aromatic carbocycles. The van der Waals surface area contributed by atoms with Crippen molar-refractivity contribution < 1.29 is 5.11 Å². The first kappa shape index (κ1) is 11.0. The summed E-state index contributed by atoms with van der Waals surface area (Å²) in [7, 11) is 0. The predicted molar refractivity (Wildman–Crippen MR) is 65.2 cm³/mol. The van der Waals surface area contributed by atoms with Crippen LogP contribution in [-0.4, -0.2) is 23.8 Å². The Kier molecular flexibility index (Phi) is 3.21. The van der Waals surface area contributed by atoms with Gasteiger partial charge in [-0.3, -0.25) is 0 Å². The molecule has 0 aromatic rings. The largest absolute Gasteiger partial charge is 0.393 e. The minimum absolute atomic E-state index is 0.0275. The highest BCUT2D eigenvalue weighted by molar-refractivity contribution is 4.96. The summed E-state index contributed by atoms with van der Waals surface area (Å²) in [6.07, 6.45) is 10.6. The van der Waals surface area contributed by atoms with Gasteiger partial charge in [0.1, 0.15) is 0 Å². The summed E-state index contributed by atoms with van der Waals surface area (Å²) in [6.45, 7) is 1.07. The van der Waals surface area contributed by atoms with Crippen molar-refractivity contribution >= 4 is 0 Å². The van der Waals surface area contributed by atoms with Gasteiger partial charge in [-0.25, -0.2) is 0 Å². The minimum atomic E-state index is -0.0275. The normalized spacial score (nSPS) is 35.6. The quantitative estimate of drug-likeness (QED) is 0.749. The first-order valence-corrected chi connectivity index (χ1v) is 7.26. The van der Waals surface area contributed by atoms with Crippen molar-refractivity contribution in [3.05, 3.63) is 0 Å². The van der Waals surface area contributed by atoms with Gasteiger partial charge in [-0.2, -0.15) is 0 Å². The number of aliphatic hydroxyl groups is 1. The number of rotatable bonds is 5. The van der Waals surface area contributed by atoms with Crippen molar-refractivity contribution in [2.75, 3.05) is 6.54 Å². The maximum absolute atomic E-state index is 9.95. The highest BCUT2D eigenvalue weighted by Crippen LogP contribution is 2.44. The molecule has 3 rings (SSSR count). The molecule has 16 heavy (non-hydrogen) atoms. The van der Waals surface area contributed by atoms with Gasteiger partial charge in [0.05, 0.1) is 6.10 Å². The molecule has 2 unspecified atom stereocenters. The Hall–Kier alpha value is -0.0800. The van der Waals surface area contributed by atoms with Crippen molar-refractivity contribution in [3.8, 4) is 0 Å². The Bertz CT molecular complexity index is 223. The topological polar surface area (TPSA) is 32.3 Å². The molecular weight excluding hydrogens is 198 g/mol. The molecule has 0 bridgehead atoms. The fourth-order valence-corrected chi connectivity index (χ4v) is 3.34. The molecular formula is C14H25NO. The molecule has 3 saturated carbocycles. The van der Waals surface area contributed by atoms with Gasteiger partial charge >= 0.3 is 0 Å². The molecule has 3 fully saturated rings. The first-order chi connectivity index (χ1) is 7.84. The van der Waals surface area contributed by atoms with Crippen molar-refractivity contribution in [3.63, 3.8) is 0 Å². The molecule has 0 spiro atoms. The molecule has 92 valence electrons. The zero-order valence-electron chi connectivity index (χ0n) is 10.2. The lowest BCUT2D eigenvalue weighted by Gasteiger charge is -2.30. The van der Waals surface area contributed by atoms with Crippen molar-refractivity contribution in [1.82, 2.24) is 5.32 Å². The lowest BCUT2D eigenvalue weighted by Crippen LogP contribution is -2.40. The monoisotopic (exact) mass is 223 g/mol. The summed E-state index contributed by atoms with van der Waals surface area (Å²) in [6, 6.07) is 0.800. The minimum Gasteiger partial charge on any atom is -0.393 e. The van der Waals surface area contributed by atoms with Crippen molar-refractivity contribution in [2.45, 2.75) is 63.5 Å². The van der Waals surface area contributed by atoms with Gasteiger partial charge in [-0.15, -0.1) is 0 Å². The number of nitrogens with one attached hydrogen (secondary N) is 1. The van der Waals surface area contributed by atoms with Crippen LogP contribution in [0.1, 0.15) is 51.4 Å². The van der Waals surface area contributed by atoms with E-state index in [0.29, 0.717) is 5.92 Å². The van der Waals surface area contributed by atoms with Gasteiger partial charge in [-0.1, -0.05) is 12.8 Å². The predicted octanol–water partition coefficient (Wildman–Crippen LogP) is 2.32. The molecule has 0 aromatic heterocycles. The van der Waals surface area contributed by atoms with Crippen LogP contribution in [0.3, 0.4) is 0 Å². The highest BCUT2D eigenvalue weighted by Gasteiger charge is 2.41. The maximum atomic E-state index is 9.95. The Morgan fingerprint density at radius 3 is 2.12 bits per heavy atom. The molecule has 2 nitrogen and oxygen atoms in total. The second-order valence-electron chi connectivity index (χ2n) is 6.22. The Labute approximate surface area is 98.8 Å². The van der Waals surface area contributed by atoms with Gasteiger partial charge < -0.3 is 10.4 Å². The second kappa shape index (κ2) is 4.66. The van der Waals surface area contributed by atoms with Gasteiger partial charge in [0.2, 0.25) is 0 Å². The van der Waals surface area contributed by atoms with Crippen LogP contribution in [0.4, 0.5) is 0 Å². The molecule has 0 saturated heterocycles. The molecule has 3 aliphatic rings. The van der Waals surface area contributed by atoms with Crippen molar-refractivity contribution in [2.24, 2.45) is 17.8 Å². The Morgan fingerprint density at radius 2 is 1.56 bits per heavy atom. The standard InChI is InChI=1S/C14H25NO/c16-13-4-2-1-3-12(13)9-15-14(10-5-6-10)11-7-8-11/h10-16H,1-9H2. The zero-order chi connectivity index (χ0) is 11.0. The molecule has 2 N–H and O–H groups in total. The van der Waals surface area contributed by atoms with Crippen LogP contribution in [0.25, 0.3) is 0 Å². The van der Waals surface area contributed by atoms with E-state index in [9.17, 15) is 5.11 Å². The summed E-state index contributed by atoms with van der Waals surface area (Å²) in [5.41, 5.74) is 0. The summed E-state index contributed by atoms with van der Waals surface area (Å²) in [4.78, 5) is 0. The van der Waals surface area contributed by atoms with Gasteiger partial charge in [0.15, 0.2) is 0 Å². The van der Waals surface area contributed by atoms with Crippen LogP contribution in [0.2, 0.25) is 0 Å². The van der Waals surface area contributed by atoms with Crippen LogP contribution in [0.15, 0.2) is 0 Å². The third-order valence-corrected chi connectivity index (χ3v) is 4.74. The van der Waals surface area contributed by atoms with E-state index in [4.69, 9.17) is 0 Å². The lowest BCUT2D eigenvalue weighted by atomic mass is 9.86. The third kappa shape index (κ3) is 2.60. The SMILES string of the molecule is OC1CCCCC1CNC(C1CC1)C1CC1. The summed E-state index contributed by atoms with van der Waals surface area (Å²) < 4.78 is 0. The number of hydrogen-bond acceptors (Lipinski definition) is 2. The Balaban J connectivity index is 1.46. The molecule has 0 heterocycles. The van der Waals surface area contributed by atoms with E-state index in [1.54, 1.807) is 0 Å².